The Bertz CT molecular complexity index is 883. The van der Waals surface area contributed by atoms with Crippen LogP contribution in [0.4, 0.5) is 0 Å². The second kappa shape index (κ2) is 5.40. The van der Waals surface area contributed by atoms with Crippen molar-refractivity contribution in [3.05, 3.63) is 46.8 Å². The summed E-state index contributed by atoms with van der Waals surface area (Å²) >= 11 is 0. The number of pyridine rings is 1. The average Bonchev–Trinajstić information content (AvgIpc) is 2.54. The van der Waals surface area contributed by atoms with Crippen LogP contribution in [0.15, 0.2) is 45.7 Å². The lowest BCUT2D eigenvalue weighted by molar-refractivity contribution is 0.396. The van der Waals surface area contributed by atoms with Gasteiger partial charge in [0.2, 0.25) is 0 Å². The number of methoxy groups -OCH3 is 2. The fraction of sp³-hybridized carbons (Fsp3) is 0.125. The molecule has 0 fully saturated rings. The molecule has 0 aliphatic carbocycles. The summed E-state index contributed by atoms with van der Waals surface area (Å²) in [5.74, 6) is 1.24. The molecule has 1 aromatic carbocycles. The molecule has 3 aromatic rings. The number of rotatable bonds is 3. The third-order valence-corrected chi connectivity index (χ3v) is 3.22. The van der Waals surface area contributed by atoms with Crippen molar-refractivity contribution in [2.24, 2.45) is 0 Å². The molecule has 3 rings (SSSR count). The fourth-order valence-electron chi connectivity index (χ4n) is 2.17. The molecule has 0 saturated carbocycles. The maximum atomic E-state index is 12.4. The monoisotopic (exact) mass is 299 g/mol. The molecular weight excluding hydrogens is 286 g/mol. The standard InChI is InChI=1S/C16H13NO5/c1-20-10-5-14(21-2)16-12(19)7-13(22-15(16)6-10)11-4-3-9(18)8-17-11/h3-8,18H,1-2H3. The predicted molar refractivity (Wildman–Crippen MR) is 80.5 cm³/mol. The van der Waals surface area contributed by atoms with Crippen LogP contribution in [0.25, 0.3) is 22.4 Å². The highest BCUT2D eigenvalue weighted by Gasteiger charge is 2.14. The van der Waals surface area contributed by atoms with Gasteiger partial charge in [-0.3, -0.25) is 4.79 Å². The number of benzene rings is 1. The van der Waals surface area contributed by atoms with Crippen molar-refractivity contribution >= 4 is 11.0 Å². The number of hydrogen-bond donors (Lipinski definition) is 1. The van der Waals surface area contributed by atoms with Crippen LogP contribution in [0.5, 0.6) is 17.2 Å². The van der Waals surface area contributed by atoms with Crippen molar-refractivity contribution in [3.8, 4) is 28.7 Å². The third kappa shape index (κ3) is 2.35. The lowest BCUT2D eigenvalue weighted by Gasteiger charge is -2.08. The molecule has 112 valence electrons. The van der Waals surface area contributed by atoms with Crippen LogP contribution >= 0.6 is 0 Å². The van der Waals surface area contributed by atoms with Crippen LogP contribution < -0.4 is 14.9 Å². The smallest absolute Gasteiger partial charge is 0.197 e. The normalized spacial score (nSPS) is 10.6. The van der Waals surface area contributed by atoms with E-state index in [2.05, 4.69) is 4.98 Å². The van der Waals surface area contributed by atoms with Gasteiger partial charge in [-0.2, -0.15) is 0 Å². The Morgan fingerprint density at radius 3 is 2.59 bits per heavy atom. The van der Waals surface area contributed by atoms with E-state index in [0.29, 0.717) is 33.9 Å². The summed E-state index contributed by atoms with van der Waals surface area (Å²) in [6.07, 6.45) is 1.28. The van der Waals surface area contributed by atoms with Crippen molar-refractivity contribution in [3.63, 3.8) is 0 Å². The molecule has 6 heteroatoms. The van der Waals surface area contributed by atoms with Gasteiger partial charge in [0.15, 0.2) is 11.2 Å². The van der Waals surface area contributed by atoms with Gasteiger partial charge in [0, 0.05) is 18.2 Å². The lowest BCUT2D eigenvalue weighted by Crippen LogP contribution is -2.03. The van der Waals surface area contributed by atoms with Crippen molar-refractivity contribution < 1.29 is 19.0 Å². The maximum Gasteiger partial charge on any atom is 0.197 e. The van der Waals surface area contributed by atoms with Gasteiger partial charge in [0.1, 0.15) is 33.9 Å². The molecule has 0 unspecified atom stereocenters. The maximum absolute atomic E-state index is 12.4. The van der Waals surface area contributed by atoms with Crippen molar-refractivity contribution in [2.45, 2.75) is 0 Å². The molecule has 0 saturated heterocycles. The zero-order chi connectivity index (χ0) is 15.7. The molecule has 0 aliphatic rings. The molecule has 22 heavy (non-hydrogen) atoms. The number of hydrogen-bond acceptors (Lipinski definition) is 6. The zero-order valence-electron chi connectivity index (χ0n) is 12.0. The minimum Gasteiger partial charge on any atom is -0.506 e. The van der Waals surface area contributed by atoms with Crippen LogP contribution in [0, 0.1) is 0 Å². The summed E-state index contributed by atoms with van der Waals surface area (Å²) in [6, 6.07) is 7.62. The molecule has 0 aliphatic heterocycles. The van der Waals surface area contributed by atoms with Gasteiger partial charge in [0.25, 0.3) is 0 Å². The van der Waals surface area contributed by atoms with Gasteiger partial charge < -0.3 is 19.0 Å². The Hall–Kier alpha value is -3.02. The van der Waals surface area contributed by atoms with E-state index in [9.17, 15) is 9.90 Å². The van der Waals surface area contributed by atoms with E-state index in [0.717, 1.165) is 0 Å². The van der Waals surface area contributed by atoms with Crippen molar-refractivity contribution in [1.29, 1.82) is 0 Å². The van der Waals surface area contributed by atoms with E-state index in [1.807, 2.05) is 0 Å². The van der Waals surface area contributed by atoms with Gasteiger partial charge in [0.05, 0.1) is 20.4 Å². The molecule has 6 nitrogen and oxygen atoms in total. The van der Waals surface area contributed by atoms with Gasteiger partial charge >= 0.3 is 0 Å². The van der Waals surface area contributed by atoms with Crippen LogP contribution in [0.2, 0.25) is 0 Å². The first-order valence-electron chi connectivity index (χ1n) is 6.47. The summed E-state index contributed by atoms with van der Waals surface area (Å²) < 4.78 is 16.1. The number of nitrogens with zero attached hydrogens (tertiary/aromatic N) is 1. The minimum absolute atomic E-state index is 0.0372. The molecule has 2 aromatic heterocycles. The van der Waals surface area contributed by atoms with Crippen LogP contribution in [-0.2, 0) is 0 Å². The largest absolute Gasteiger partial charge is 0.506 e. The van der Waals surface area contributed by atoms with Crippen LogP contribution in [0.1, 0.15) is 0 Å². The summed E-state index contributed by atoms with van der Waals surface area (Å²) in [5, 5.41) is 9.62. The first-order valence-corrected chi connectivity index (χ1v) is 6.47. The SMILES string of the molecule is COc1cc(OC)c2c(=O)cc(-c3ccc(O)cn3)oc2c1. The Morgan fingerprint density at radius 2 is 1.95 bits per heavy atom. The second-order valence-corrected chi connectivity index (χ2v) is 4.58. The lowest BCUT2D eigenvalue weighted by atomic mass is 10.1. The molecule has 0 amide bonds. The average molecular weight is 299 g/mol. The minimum atomic E-state index is -0.245. The Labute approximate surface area is 125 Å². The number of aromatic nitrogens is 1. The Kier molecular flexibility index (Phi) is 3.42. The quantitative estimate of drug-likeness (QED) is 0.800. The van der Waals surface area contributed by atoms with Crippen LogP contribution in [-0.4, -0.2) is 24.3 Å². The van der Waals surface area contributed by atoms with E-state index < -0.39 is 0 Å². The zero-order valence-corrected chi connectivity index (χ0v) is 12.0. The summed E-state index contributed by atoms with van der Waals surface area (Å²) in [6.45, 7) is 0. The third-order valence-electron chi connectivity index (χ3n) is 3.22. The highest BCUT2D eigenvalue weighted by molar-refractivity contribution is 5.86. The topological polar surface area (TPSA) is 81.8 Å². The Morgan fingerprint density at radius 1 is 1.14 bits per heavy atom. The molecule has 0 bridgehead atoms. The van der Waals surface area contributed by atoms with Crippen LogP contribution in [0.3, 0.4) is 0 Å². The first-order chi connectivity index (χ1) is 10.6. The first kappa shape index (κ1) is 13.9. The molecule has 0 spiro atoms. The van der Waals surface area contributed by atoms with Gasteiger partial charge in [-0.15, -0.1) is 0 Å². The van der Waals surface area contributed by atoms with Gasteiger partial charge in [-0.1, -0.05) is 0 Å². The highest BCUT2D eigenvalue weighted by Crippen LogP contribution is 2.31. The molecule has 0 atom stereocenters. The molecule has 1 N–H and O–H groups in total. The van der Waals surface area contributed by atoms with E-state index in [-0.39, 0.29) is 11.2 Å². The predicted octanol–water partition coefficient (Wildman–Crippen LogP) is 2.58. The van der Waals surface area contributed by atoms with E-state index >= 15 is 0 Å². The van der Waals surface area contributed by atoms with E-state index in [1.54, 1.807) is 18.2 Å². The summed E-state index contributed by atoms with van der Waals surface area (Å²) in [4.78, 5) is 16.4. The molecule has 0 radical (unpaired) electrons. The fourth-order valence-corrected chi connectivity index (χ4v) is 2.17. The second-order valence-electron chi connectivity index (χ2n) is 4.58. The van der Waals surface area contributed by atoms with Gasteiger partial charge in [-0.05, 0) is 12.1 Å². The number of fused-ring (bicyclic) bond motifs is 1. The van der Waals surface area contributed by atoms with E-state index in [4.69, 9.17) is 13.9 Å². The molecular formula is C16H13NO5. The van der Waals surface area contributed by atoms with Crippen molar-refractivity contribution in [2.75, 3.05) is 14.2 Å². The highest BCUT2D eigenvalue weighted by atomic mass is 16.5. The molecule has 2 heterocycles. The number of ether oxygens (including phenoxy) is 2. The Balaban J connectivity index is 2.27. The van der Waals surface area contributed by atoms with E-state index in [1.165, 1.54) is 32.5 Å². The summed E-state index contributed by atoms with van der Waals surface area (Å²) in [7, 11) is 2.99. The summed E-state index contributed by atoms with van der Waals surface area (Å²) in [5.41, 5.74) is 0.540. The van der Waals surface area contributed by atoms with Gasteiger partial charge in [-0.25, -0.2) is 4.98 Å². The van der Waals surface area contributed by atoms with Crippen molar-refractivity contribution in [1.82, 2.24) is 4.98 Å². The number of aromatic hydroxyl groups is 1.